The molecular weight excluding hydrogens is 267 g/mol. The number of halogens is 2. The smallest absolute Gasteiger partial charge is 0.0624 e. The second-order valence-electron chi connectivity index (χ2n) is 4.24. The molecule has 0 bridgehead atoms. The van der Waals surface area contributed by atoms with Crippen molar-refractivity contribution in [2.24, 2.45) is 5.73 Å². The average Bonchev–Trinajstić information content (AvgIpc) is 2.36. The van der Waals surface area contributed by atoms with Crippen molar-refractivity contribution in [2.45, 2.75) is 18.9 Å². The van der Waals surface area contributed by atoms with Crippen LogP contribution in [-0.4, -0.2) is 11.0 Å². The van der Waals surface area contributed by atoms with Crippen LogP contribution in [0.4, 0.5) is 0 Å². The van der Waals surface area contributed by atoms with E-state index < -0.39 is 0 Å². The predicted octanol–water partition coefficient (Wildman–Crippen LogP) is 3.50. The zero-order valence-electron chi connectivity index (χ0n) is 9.81. The number of nitrogens with two attached hydrogens (primary N) is 1. The molecule has 2 N–H and O–H groups in total. The molecule has 0 saturated carbocycles. The molecule has 0 aliphatic rings. The highest BCUT2D eigenvalue weighted by Crippen LogP contribution is 2.26. The summed E-state index contributed by atoms with van der Waals surface area (Å²) >= 11 is 12.1. The second-order valence-corrected chi connectivity index (χ2v) is 5.03. The standard InChI is InChI=1S/C14H14Cl2N2/c15-13-5-1-4-11(14(13)16)8-12(17)7-10-3-2-6-18-9-10/h1-6,9,12H,7-8,17H2. The first-order chi connectivity index (χ1) is 8.66. The summed E-state index contributed by atoms with van der Waals surface area (Å²) in [4.78, 5) is 4.07. The lowest BCUT2D eigenvalue weighted by Crippen LogP contribution is -2.25. The molecule has 0 fully saturated rings. The maximum atomic E-state index is 6.14. The van der Waals surface area contributed by atoms with Crippen molar-refractivity contribution in [1.29, 1.82) is 0 Å². The predicted molar refractivity (Wildman–Crippen MR) is 76.1 cm³/mol. The lowest BCUT2D eigenvalue weighted by molar-refractivity contribution is 0.663. The van der Waals surface area contributed by atoms with Gasteiger partial charge in [-0.15, -0.1) is 0 Å². The SMILES string of the molecule is NC(Cc1cccnc1)Cc1cccc(Cl)c1Cl. The minimum Gasteiger partial charge on any atom is -0.327 e. The Morgan fingerprint density at radius 3 is 2.67 bits per heavy atom. The molecule has 0 saturated heterocycles. The number of pyridine rings is 1. The minimum absolute atomic E-state index is 0.00478. The van der Waals surface area contributed by atoms with Gasteiger partial charge < -0.3 is 5.73 Å². The first-order valence-electron chi connectivity index (χ1n) is 5.74. The molecular formula is C14H14Cl2N2. The third-order valence-electron chi connectivity index (χ3n) is 2.73. The van der Waals surface area contributed by atoms with E-state index in [9.17, 15) is 0 Å². The van der Waals surface area contributed by atoms with Gasteiger partial charge in [0.1, 0.15) is 0 Å². The summed E-state index contributed by atoms with van der Waals surface area (Å²) in [5, 5.41) is 1.17. The molecule has 94 valence electrons. The first kappa shape index (κ1) is 13.3. The molecule has 0 aliphatic carbocycles. The number of nitrogens with zero attached hydrogens (tertiary/aromatic N) is 1. The first-order valence-corrected chi connectivity index (χ1v) is 6.50. The molecule has 2 rings (SSSR count). The molecule has 2 aromatic rings. The molecule has 1 heterocycles. The van der Waals surface area contributed by atoms with E-state index in [1.165, 1.54) is 0 Å². The van der Waals surface area contributed by atoms with Crippen LogP contribution < -0.4 is 5.73 Å². The van der Waals surface area contributed by atoms with E-state index in [2.05, 4.69) is 4.98 Å². The third-order valence-corrected chi connectivity index (χ3v) is 3.59. The van der Waals surface area contributed by atoms with Gasteiger partial charge in [-0.1, -0.05) is 41.4 Å². The fraction of sp³-hybridized carbons (Fsp3) is 0.214. The van der Waals surface area contributed by atoms with Gasteiger partial charge in [0.25, 0.3) is 0 Å². The summed E-state index contributed by atoms with van der Waals surface area (Å²) < 4.78 is 0. The fourth-order valence-corrected chi connectivity index (χ4v) is 2.28. The summed E-state index contributed by atoms with van der Waals surface area (Å²) in [7, 11) is 0. The Balaban J connectivity index is 2.03. The van der Waals surface area contributed by atoms with E-state index in [0.717, 1.165) is 17.5 Å². The molecule has 2 nitrogen and oxygen atoms in total. The van der Waals surface area contributed by atoms with Crippen LogP contribution in [-0.2, 0) is 12.8 Å². The van der Waals surface area contributed by atoms with Crippen LogP contribution in [0.5, 0.6) is 0 Å². The van der Waals surface area contributed by atoms with Crippen molar-refractivity contribution in [3.05, 3.63) is 63.9 Å². The van der Waals surface area contributed by atoms with Crippen molar-refractivity contribution < 1.29 is 0 Å². The zero-order valence-corrected chi connectivity index (χ0v) is 11.3. The normalized spacial score (nSPS) is 12.4. The van der Waals surface area contributed by atoms with Gasteiger partial charge in [0.15, 0.2) is 0 Å². The highest BCUT2D eigenvalue weighted by molar-refractivity contribution is 6.42. The molecule has 0 radical (unpaired) electrons. The number of rotatable bonds is 4. The highest BCUT2D eigenvalue weighted by atomic mass is 35.5. The molecule has 0 spiro atoms. The Labute approximate surface area is 117 Å². The quantitative estimate of drug-likeness (QED) is 0.931. The molecule has 1 unspecified atom stereocenters. The Morgan fingerprint density at radius 1 is 1.11 bits per heavy atom. The van der Waals surface area contributed by atoms with Crippen LogP contribution in [0, 0.1) is 0 Å². The van der Waals surface area contributed by atoms with E-state index in [1.54, 1.807) is 12.3 Å². The van der Waals surface area contributed by atoms with Crippen LogP contribution in [0.3, 0.4) is 0 Å². The van der Waals surface area contributed by atoms with E-state index in [-0.39, 0.29) is 6.04 Å². The molecule has 1 aromatic heterocycles. The van der Waals surface area contributed by atoms with Gasteiger partial charge in [-0.25, -0.2) is 0 Å². The minimum atomic E-state index is 0.00478. The fourth-order valence-electron chi connectivity index (χ4n) is 1.88. The van der Waals surface area contributed by atoms with Crippen LogP contribution >= 0.6 is 23.2 Å². The number of hydrogen-bond acceptors (Lipinski definition) is 2. The Kier molecular flexibility index (Phi) is 4.59. The van der Waals surface area contributed by atoms with Gasteiger partial charge in [-0.3, -0.25) is 4.98 Å². The van der Waals surface area contributed by atoms with Crippen molar-refractivity contribution in [3.63, 3.8) is 0 Å². The molecule has 0 amide bonds. The van der Waals surface area contributed by atoms with Crippen LogP contribution in [0.15, 0.2) is 42.7 Å². The van der Waals surface area contributed by atoms with E-state index in [0.29, 0.717) is 16.5 Å². The zero-order chi connectivity index (χ0) is 13.0. The van der Waals surface area contributed by atoms with Gasteiger partial charge >= 0.3 is 0 Å². The Morgan fingerprint density at radius 2 is 1.94 bits per heavy atom. The summed E-state index contributed by atoms with van der Waals surface area (Å²) in [6.07, 6.45) is 5.06. The molecule has 1 aromatic carbocycles. The van der Waals surface area contributed by atoms with E-state index >= 15 is 0 Å². The summed E-state index contributed by atoms with van der Waals surface area (Å²) in [6, 6.07) is 9.56. The summed E-state index contributed by atoms with van der Waals surface area (Å²) in [5.74, 6) is 0. The number of aromatic nitrogens is 1. The largest absolute Gasteiger partial charge is 0.327 e. The van der Waals surface area contributed by atoms with E-state index in [4.69, 9.17) is 28.9 Å². The molecule has 18 heavy (non-hydrogen) atoms. The van der Waals surface area contributed by atoms with Crippen LogP contribution in [0.1, 0.15) is 11.1 Å². The number of hydrogen-bond donors (Lipinski definition) is 1. The maximum Gasteiger partial charge on any atom is 0.0624 e. The van der Waals surface area contributed by atoms with Gasteiger partial charge in [0.05, 0.1) is 10.0 Å². The van der Waals surface area contributed by atoms with E-state index in [1.807, 2.05) is 30.5 Å². The Bertz CT molecular complexity index is 514. The lowest BCUT2D eigenvalue weighted by Gasteiger charge is -2.13. The maximum absolute atomic E-state index is 6.14. The molecule has 4 heteroatoms. The van der Waals surface area contributed by atoms with Gasteiger partial charge in [-0.05, 0) is 36.1 Å². The van der Waals surface area contributed by atoms with Crippen LogP contribution in [0.2, 0.25) is 10.0 Å². The molecule has 1 atom stereocenters. The number of benzene rings is 1. The summed E-state index contributed by atoms with van der Waals surface area (Å²) in [5.41, 5.74) is 8.24. The van der Waals surface area contributed by atoms with Crippen molar-refractivity contribution in [2.75, 3.05) is 0 Å². The topological polar surface area (TPSA) is 38.9 Å². The second kappa shape index (κ2) is 6.19. The van der Waals surface area contributed by atoms with Gasteiger partial charge in [0, 0.05) is 18.4 Å². The van der Waals surface area contributed by atoms with Crippen molar-refractivity contribution >= 4 is 23.2 Å². The lowest BCUT2D eigenvalue weighted by atomic mass is 10.0. The van der Waals surface area contributed by atoms with Crippen molar-refractivity contribution in [1.82, 2.24) is 4.98 Å². The Hall–Kier alpha value is -1.09. The van der Waals surface area contributed by atoms with Gasteiger partial charge in [0.2, 0.25) is 0 Å². The monoisotopic (exact) mass is 280 g/mol. The highest BCUT2D eigenvalue weighted by Gasteiger charge is 2.10. The van der Waals surface area contributed by atoms with Crippen LogP contribution in [0.25, 0.3) is 0 Å². The average molecular weight is 281 g/mol. The summed E-state index contributed by atoms with van der Waals surface area (Å²) in [6.45, 7) is 0. The molecule has 0 aliphatic heterocycles. The van der Waals surface area contributed by atoms with Gasteiger partial charge in [-0.2, -0.15) is 0 Å². The van der Waals surface area contributed by atoms with Crippen molar-refractivity contribution in [3.8, 4) is 0 Å². The third kappa shape index (κ3) is 3.45.